The fraction of sp³-hybridized carbons (Fsp3) is 0.364. The van der Waals surface area contributed by atoms with Gasteiger partial charge in [-0.25, -0.2) is 9.97 Å². The predicted octanol–water partition coefficient (Wildman–Crippen LogP) is 2.89. The number of likely N-dealkylation sites (tertiary alicyclic amines) is 1. The molecule has 1 amide bonds. The standard InChI is InChI=1S/C22H25N5O2/c1-29-16-19-5-2-6-20(25-19)22(28)27-12-3-4-18(15-27)21-24-11-13-26(21)14-17-7-9-23-10-8-17/h2,5-11,13,18H,3-4,12,14-16H2,1H3. The Hall–Kier alpha value is -3.06. The predicted molar refractivity (Wildman–Crippen MR) is 108 cm³/mol. The molecule has 1 aliphatic heterocycles. The average Bonchev–Trinajstić information content (AvgIpc) is 3.22. The van der Waals surface area contributed by atoms with Gasteiger partial charge in [0.15, 0.2) is 0 Å². The van der Waals surface area contributed by atoms with Crippen LogP contribution in [0, 0.1) is 0 Å². The first-order valence-electron chi connectivity index (χ1n) is 9.88. The number of aromatic nitrogens is 4. The van der Waals surface area contributed by atoms with Gasteiger partial charge in [0.1, 0.15) is 11.5 Å². The highest BCUT2D eigenvalue weighted by Crippen LogP contribution is 2.27. The Bertz CT molecular complexity index is 957. The van der Waals surface area contributed by atoms with E-state index in [1.165, 1.54) is 5.56 Å². The highest BCUT2D eigenvalue weighted by atomic mass is 16.5. The van der Waals surface area contributed by atoms with Crippen molar-refractivity contribution in [3.05, 3.63) is 77.9 Å². The van der Waals surface area contributed by atoms with Gasteiger partial charge in [0, 0.05) is 57.4 Å². The number of rotatable bonds is 6. The molecule has 150 valence electrons. The van der Waals surface area contributed by atoms with Gasteiger partial charge in [0.05, 0.1) is 12.3 Å². The molecule has 0 bridgehead atoms. The summed E-state index contributed by atoms with van der Waals surface area (Å²) in [7, 11) is 1.62. The Morgan fingerprint density at radius 1 is 1.21 bits per heavy atom. The minimum absolute atomic E-state index is 0.0279. The van der Waals surface area contributed by atoms with Gasteiger partial charge >= 0.3 is 0 Å². The lowest BCUT2D eigenvalue weighted by Crippen LogP contribution is -2.40. The van der Waals surface area contributed by atoms with Crippen molar-refractivity contribution in [2.24, 2.45) is 0 Å². The molecule has 0 N–H and O–H groups in total. The number of ether oxygens (including phenoxy) is 1. The van der Waals surface area contributed by atoms with Crippen molar-refractivity contribution < 1.29 is 9.53 Å². The van der Waals surface area contributed by atoms with Crippen LogP contribution in [0.5, 0.6) is 0 Å². The van der Waals surface area contributed by atoms with E-state index in [1.807, 2.05) is 41.6 Å². The summed E-state index contributed by atoms with van der Waals surface area (Å²) in [6.45, 7) is 2.55. The third kappa shape index (κ3) is 4.51. The average molecular weight is 391 g/mol. The monoisotopic (exact) mass is 391 g/mol. The number of hydrogen-bond donors (Lipinski definition) is 0. The third-order valence-electron chi connectivity index (χ3n) is 5.24. The first-order chi connectivity index (χ1) is 14.2. The van der Waals surface area contributed by atoms with Crippen molar-refractivity contribution in [1.29, 1.82) is 0 Å². The van der Waals surface area contributed by atoms with E-state index < -0.39 is 0 Å². The lowest BCUT2D eigenvalue weighted by molar-refractivity contribution is 0.0696. The number of nitrogens with zero attached hydrogens (tertiary/aromatic N) is 5. The number of carbonyl (C=O) groups is 1. The van der Waals surface area contributed by atoms with Crippen LogP contribution < -0.4 is 0 Å². The molecule has 1 aliphatic rings. The number of piperidine rings is 1. The Balaban J connectivity index is 1.48. The van der Waals surface area contributed by atoms with Gasteiger partial charge in [-0.1, -0.05) is 6.07 Å². The van der Waals surface area contributed by atoms with Crippen LogP contribution in [0.2, 0.25) is 0 Å². The summed E-state index contributed by atoms with van der Waals surface area (Å²) in [5, 5.41) is 0. The maximum absolute atomic E-state index is 13.0. The summed E-state index contributed by atoms with van der Waals surface area (Å²) in [6, 6.07) is 9.53. The molecular weight excluding hydrogens is 366 g/mol. The number of imidazole rings is 1. The lowest BCUT2D eigenvalue weighted by Gasteiger charge is -2.32. The van der Waals surface area contributed by atoms with Crippen LogP contribution in [0.4, 0.5) is 0 Å². The molecule has 1 fully saturated rings. The molecule has 0 aromatic carbocycles. The molecule has 1 unspecified atom stereocenters. The number of methoxy groups -OCH3 is 1. The number of carbonyl (C=O) groups excluding carboxylic acids is 1. The summed E-state index contributed by atoms with van der Waals surface area (Å²) in [5.41, 5.74) is 2.42. The number of amides is 1. The van der Waals surface area contributed by atoms with Gasteiger partial charge in [0.25, 0.3) is 5.91 Å². The Labute approximate surface area is 170 Å². The second kappa shape index (κ2) is 8.96. The molecule has 0 saturated carbocycles. The molecule has 3 aromatic rings. The number of pyridine rings is 2. The van der Waals surface area contributed by atoms with E-state index in [-0.39, 0.29) is 11.8 Å². The van der Waals surface area contributed by atoms with Crippen LogP contribution in [0.15, 0.2) is 55.1 Å². The highest BCUT2D eigenvalue weighted by molar-refractivity contribution is 5.92. The molecular formula is C22H25N5O2. The fourth-order valence-electron chi connectivity index (χ4n) is 3.86. The van der Waals surface area contributed by atoms with Crippen LogP contribution in [-0.4, -0.2) is 50.5 Å². The molecule has 0 radical (unpaired) electrons. The van der Waals surface area contributed by atoms with Gasteiger partial charge in [0.2, 0.25) is 0 Å². The SMILES string of the molecule is COCc1cccc(C(=O)N2CCCC(c3nccn3Cc3ccncc3)C2)n1. The minimum atomic E-state index is -0.0279. The van der Waals surface area contributed by atoms with Crippen LogP contribution in [0.3, 0.4) is 0 Å². The first-order valence-corrected chi connectivity index (χ1v) is 9.88. The van der Waals surface area contributed by atoms with E-state index in [2.05, 4.69) is 19.5 Å². The van der Waals surface area contributed by atoms with E-state index in [1.54, 1.807) is 25.6 Å². The van der Waals surface area contributed by atoms with Gasteiger partial charge < -0.3 is 14.2 Å². The second-order valence-electron chi connectivity index (χ2n) is 7.31. The zero-order chi connectivity index (χ0) is 20.1. The van der Waals surface area contributed by atoms with E-state index in [4.69, 9.17) is 4.74 Å². The quantitative estimate of drug-likeness (QED) is 0.646. The fourth-order valence-corrected chi connectivity index (χ4v) is 3.86. The van der Waals surface area contributed by atoms with Crippen molar-refractivity contribution in [2.45, 2.75) is 31.9 Å². The first kappa shape index (κ1) is 19.3. The Morgan fingerprint density at radius 3 is 2.90 bits per heavy atom. The van der Waals surface area contributed by atoms with Crippen LogP contribution in [-0.2, 0) is 17.9 Å². The third-order valence-corrected chi connectivity index (χ3v) is 5.24. The Morgan fingerprint density at radius 2 is 2.07 bits per heavy atom. The molecule has 1 saturated heterocycles. The van der Waals surface area contributed by atoms with Crippen molar-refractivity contribution in [3.8, 4) is 0 Å². The Kier molecular flexibility index (Phi) is 5.95. The largest absolute Gasteiger partial charge is 0.378 e. The molecule has 4 rings (SSSR count). The molecule has 4 heterocycles. The number of hydrogen-bond acceptors (Lipinski definition) is 5. The van der Waals surface area contributed by atoms with Crippen molar-refractivity contribution >= 4 is 5.91 Å². The van der Waals surface area contributed by atoms with Gasteiger partial charge in [-0.3, -0.25) is 9.78 Å². The summed E-state index contributed by atoms with van der Waals surface area (Å²) in [5.74, 6) is 1.21. The smallest absolute Gasteiger partial charge is 0.272 e. The maximum Gasteiger partial charge on any atom is 0.272 e. The molecule has 3 aromatic heterocycles. The van der Waals surface area contributed by atoms with Crippen LogP contribution in [0.1, 0.15) is 46.3 Å². The summed E-state index contributed by atoms with van der Waals surface area (Å²) in [4.78, 5) is 28.1. The summed E-state index contributed by atoms with van der Waals surface area (Å²) >= 11 is 0. The zero-order valence-electron chi connectivity index (χ0n) is 16.6. The lowest BCUT2D eigenvalue weighted by atomic mass is 9.96. The van der Waals surface area contributed by atoms with E-state index >= 15 is 0 Å². The molecule has 1 atom stereocenters. The van der Waals surface area contributed by atoms with Gasteiger partial charge in [-0.05, 0) is 42.7 Å². The van der Waals surface area contributed by atoms with Gasteiger partial charge in [-0.15, -0.1) is 0 Å². The van der Waals surface area contributed by atoms with Gasteiger partial charge in [-0.2, -0.15) is 0 Å². The molecule has 0 spiro atoms. The van der Waals surface area contributed by atoms with Crippen molar-refractivity contribution in [1.82, 2.24) is 24.4 Å². The topological polar surface area (TPSA) is 73.1 Å². The highest BCUT2D eigenvalue weighted by Gasteiger charge is 2.28. The minimum Gasteiger partial charge on any atom is -0.378 e. The molecule has 0 aliphatic carbocycles. The van der Waals surface area contributed by atoms with Crippen LogP contribution in [0.25, 0.3) is 0 Å². The van der Waals surface area contributed by atoms with E-state index in [0.717, 1.165) is 37.4 Å². The van der Waals surface area contributed by atoms with E-state index in [0.29, 0.717) is 18.8 Å². The molecule has 7 nitrogen and oxygen atoms in total. The normalized spacial score (nSPS) is 16.7. The molecule has 7 heteroatoms. The van der Waals surface area contributed by atoms with Crippen molar-refractivity contribution in [2.75, 3.05) is 20.2 Å². The summed E-state index contributed by atoms with van der Waals surface area (Å²) < 4.78 is 7.31. The van der Waals surface area contributed by atoms with E-state index in [9.17, 15) is 4.79 Å². The maximum atomic E-state index is 13.0. The second-order valence-corrected chi connectivity index (χ2v) is 7.31. The molecule has 29 heavy (non-hydrogen) atoms. The van der Waals surface area contributed by atoms with Crippen LogP contribution >= 0.6 is 0 Å². The van der Waals surface area contributed by atoms with Crippen molar-refractivity contribution in [3.63, 3.8) is 0 Å². The zero-order valence-corrected chi connectivity index (χ0v) is 16.6. The summed E-state index contributed by atoms with van der Waals surface area (Å²) in [6.07, 6.45) is 9.43.